The average molecular weight is 413 g/mol. The minimum atomic E-state index is -3.77. The molecule has 1 aromatic heterocycles. The largest absolute Gasteiger partial charge is 0.280 e. The highest BCUT2D eigenvalue weighted by atomic mass is 32.2. The zero-order valence-electron chi connectivity index (χ0n) is 15.4. The van der Waals surface area contributed by atoms with E-state index in [-0.39, 0.29) is 9.79 Å². The molecule has 0 spiro atoms. The molecule has 1 aliphatic heterocycles. The summed E-state index contributed by atoms with van der Waals surface area (Å²) in [7, 11) is -7.33. The molecule has 0 unspecified atom stereocenters. The van der Waals surface area contributed by atoms with E-state index >= 15 is 0 Å². The van der Waals surface area contributed by atoms with Crippen LogP contribution in [0.1, 0.15) is 26.7 Å². The van der Waals surface area contributed by atoms with Crippen LogP contribution in [0.2, 0.25) is 0 Å². The van der Waals surface area contributed by atoms with Gasteiger partial charge in [-0.3, -0.25) is 9.40 Å². The second kappa shape index (κ2) is 7.61. The van der Waals surface area contributed by atoms with E-state index in [0.717, 1.165) is 12.8 Å². The normalized spacial score (nSPS) is 17.1. The number of rotatable bonds is 6. The molecule has 0 amide bonds. The lowest BCUT2D eigenvalue weighted by molar-refractivity contribution is 0.288. The standard InChI is InChI=1S/C17H24N4O4S2/c1-3-20-13-17(12-18-20)26(22,23)19-15-4-6-16(7-5-15)27(24,25)21-10-8-14(2)9-11-21/h4-7,12-14,19H,3,8-11H2,1-2H3. The average Bonchev–Trinajstić information content (AvgIpc) is 3.12. The van der Waals surface area contributed by atoms with Crippen LogP contribution < -0.4 is 4.72 Å². The monoisotopic (exact) mass is 412 g/mol. The van der Waals surface area contributed by atoms with Crippen LogP contribution in [0.3, 0.4) is 0 Å². The Hall–Kier alpha value is -1.91. The predicted octanol–water partition coefficient (Wildman–Crippen LogP) is 2.12. The fraction of sp³-hybridized carbons (Fsp3) is 0.471. The molecule has 2 aromatic rings. The molecule has 0 atom stereocenters. The number of sulfonamides is 2. The number of anilines is 1. The molecule has 0 bridgehead atoms. The van der Waals surface area contributed by atoms with Crippen LogP contribution in [0, 0.1) is 5.92 Å². The Morgan fingerprint density at radius 1 is 1.07 bits per heavy atom. The van der Waals surface area contributed by atoms with Gasteiger partial charge in [-0.1, -0.05) is 6.92 Å². The molecule has 148 valence electrons. The van der Waals surface area contributed by atoms with Crippen molar-refractivity contribution in [1.29, 1.82) is 0 Å². The third-order valence-corrected chi connectivity index (χ3v) is 7.98. The zero-order valence-corrected chi connectivity index (χ0v) is 17.0. The molecule has 1 aromatic carbocycles. The second-order valence-electron chi connectivity index (χ2n) is 6.75. The zero-order chi connectivity index (χ0) is 19.7. The van der Waals surface area contributed by atoms with Gasteiger partial charge >= 0.3 is 0 Å². The minimum Gasteiger partial charge on any atom is -0.280 e. The van der Waals surface area contributed by atoms with Crippen LogP contribution in [0.4, 0.5) is 5.69 Å². The van der Waals surface area contributed by atoms with Crippen molar-refractivity contribution in [1.82, 2.24) is 14.1 Å². The lowest BCUT2D eigenvalue weighted by Gasteiger charge is -2.29. The molecule has 0 radical (unpaired) electrons. The number of piperidine rings is 1. The SMILES string of the molecule is CCn1cc(S(=O)(=O)Nc2ccc(S(=O)(=O)N3CCC(C)CC3)cc2)cn1. The van der Waals surface area contributed by atoms with Crippen molar-refractivity contribution >= 4 is 25.7 Å². The molecule has 1 N–H and O–H groups in total. The Morgan fingerprint density at radius 3 is 2.26 bits per heavy atom. The topological polar surface area (TPSA) is 101 Å². The van der Waals surface area contributed by atoms with Crippen molar-refractivity contribution in [2.45, 2.75) is 43.0 Å². The van der Waals surface area contributed by atoms with Gasteiger partial charge in [0.05, 0.1) is 11.1 Å². The Labute approximate surface area is 160 Å². The van der Waals surface area contributed by atoms with E-state index in [1.807, 2.05) is 6.92 Å². The summed E-state index contributed by atoms with van der Waals surface area (Å²) in [6.45, 7) is 5.57. The van der Waals surface area contributed by atoms with Crippen LogP contribution in [0.15, 0.2) is 46.5 Å². The van der Waals surface area contributed by atoms with Gasteiger partial charge in [0.15, 0.2) is 0 Å². The van der Waals surface area contributed by atoms with E-state index in [0.29, 0.717) is 31.2 Å². The first kappa shape index (κ1) is 19.8. The summed E-state index contributed by atoms with van der Waals surface area (Å²) < 4.78 is 55.7. The molecule has 1 aliphatic rings. The quantitative estimate of drug-likeness (QED) is 0.783. The number of nitrogens with zero attached hydrogens (tertiary/aromatic N) is 3. The van der Waals surface area contributed by atoms with Crippen LogP contribution in [0.5, 0.6) is 0 Å². The van der Waals surface area contributed by atoms with Crippen LogP contribution in [-0.4, -0.2) is 44.0 Å². The number of hydrogen-bond donors (Lipinski definition) is 1. The smallest absolute Gasteiger partial charge is 0.265 e. The molecule has 10 heteroatoms. The fourth-order valence-electron chi connectivity index (χ4n) is 2.94. The molecule has 3 rings (SSSR count). The summed E-state index contributed by atoms with van der Waals surface area (Å²) in [4.78, 5) is 0.224. The van der Waals surface area contributed by atoms with Crippen molar-refractivity contribution < 1.29 is 16.8 Å². The number of benzene rings is 1. The summed E-state index contributed by atoms with van der Waals surface area (Å²) in [5, 5.41) is 3.96. The second-order valence-corrected chi connectivity index (χ2v) is 10.4. The van der Waals surface area contributed by atoms with E-state index in [1.165, 1.54) is 45.6 Å². The van der Waals surface area contributed by atoms with Gasteiger partial charge in [0, 0.05) is 31.5 Å². The number of aryl methyl sites for hydroxylation is 1. The lowest BCUT2D eigenvalue weighted by atomic mass is 10.0. The van der Waals surface area contributed by atoms with Crippen molar-refractivity contribution in [3.05, 3.63) is 36.7 Å². The Balaban J connectivity index is 1.75. The van der Waals surface area contributed by atoms with Crippen molar-refractivity contribution in [3.63, 3.8) is 0 Å². The first-order valence-electron chi connectivity index (χ1n) is 8.88. The van der Waals surface area contributed by atoms with Crippen molar-refractivity contribution in [2.75, 3.05) is 17.8 Å². The molecule has 0 saturated carbocycles. The third-order valence-electron chi connectivity index (χ3n) is 4.73. The fourth-order valence-corrected chi connectivity index (χ4v) is 5.42. The van der Waals surface area contributed by atoms with E-state index < -0.39 is 20.0 Å². The summed E-state index contributed by atoms with van der Waals surface area (Å²) in [6, 6.07) is 5.78. The molecular weight excluding hydrogens is 388 g/mol. The Morgan fingerprint density at radius 2 is 1.70 bits per heavy atom. The van der Waals surface area contributed by atoms with Gasteiger partial charge in [-0.15, -0.1) is 0 Å². The number of nitrogens with one attached hydrogen (secondary N) is 1. The summed E-state index contributed by atoms with van der Waals surface area (Å²) >= 11 is 0. The van der Waals surface area contributed by atoms with Crippen LogP contribution in [-0.2, 0) is 26.6 Å². The number of hydrogen-bond acceptors (Lipinski definition) is 5. The predicted molar refractivity (Wildman–Crippen MR) is 102 cm³/mol. The molecule has 2 heterocycles. The summed E-state index contributed by atoms with van der Waals surface area (Å²) in [6.07, 6.45) is 4.42. The maximum Gasteiger partial charge on any atom is 0.265 e. The van der Waals surface area contributed by atoms with Crippen molar-refractivity contribution in [3.8, 4) is 0 Å². The Bertz CT molecular complexity index is 990. The maximum atomic E-state index is 12.7. The molecule has 0 aliphatic carbocycles. The van der Waals surface area contributed by atoms with Gasteiger partial charge in [0.2, 0.25) is 10.0 Å². The van der Waals surface area contributed by atoms with Crippen molar-refractivity contribution in [2.24, 2.45) is 5.92 Å². The van der Waals surface area contributed by atoms with E-state index in [4.69, 9.17) is 0 Å². The van der Waals surface area contributed by atoms with E-state index in [9.17, 15) is 16.8 Å². The molecular formula is C17H24N4O4S2. The molecule has 1 saturated heterocycles. The van der Waals surface area contributed by atoms with E-state index in [1.54, 1.807) is 0 Å². The van der Waals surface area contributed by atoms with Gasteiger partial charge in [-0.05, 0) is 49.9 Å². The first-order chi connectivity index (χ1) is 12.7. The first-order valence-corrected chi connectivity index (χ1v) is 11.8. The molecule has 27 heavy (non-hydrogen) atoms. The number of aromatic nitrogens is 2. The van der Waals surface area contributed by atoms with Crippen LogP contribution in [0.25, 0.3) is 0 Å². The molecule has 1 fully saturated rings. The lowest BCUT2D eigenvalue weighted by Crippen LogP contribution is -2.37. The van der Waals surface area contributed by atoms with Gasteiger partial charge in [-0.25, -0.2) is 16.8 Å². The van der Waals surface area contributed by atoms with Gasteiger partial charge < -0.3 is 0 Å². The van der Waals surface area contributed by atoms with E-state index in [2.05, 4.69) is 16.7 Å². The highest BCUT2D eigenvalue weighted by molar-refractivity contribution is 7.92. The third kappa shape index (κ3) is 4.33. The van der Waals surface area contributed by atoms with Gasteiger partial charge in [0.25, 0.3) is 10.0 Å². The van der Waals surface area contributed by atoms with Gasteiger partial charge in [-0.2, -0.15) is 9.40 Å². The summed E-state index contributed by atoms with van der Waals surface area (Å²) in [5.74, 6) is 0.533. The Kier molecular flexibility index (Phi) is 5.59. The summed E-state index contributed by atoms with van der Waals surface area (Å²) in [5.41, 5.74) is 0.297. The molecule has 8 nitrogen and oxygen atoms in total. The minimum absolute atomic E-state index is 0.0588. The highest BCUT2D eigenvalue weighted by Gasteiger charge is 2.28. The highest BCUT2D eigenvalue weighted by Crippen LogP contribution is 2.25. The maximum absolute atomic E-state index is 12.7. The van der Waals surface area contributed by atoms with Gasteiger partial charge in [0.1, 0.15) is 4.90 Å². The van der Waals surface area contributed by atoms with Crippen LogP contribution >= 0.6 is 0 Å².